The third-order valence-corrected chi connectivity index (χ3v) is 9.57. The Morgan fingerprint density at radius 3 is 2.27 bits per heavy atom. The van der Waals surface area contributed by atoms with Crippen LogP contribution in [0.5, 0.6) is 0 Å². The number of pyridine rings is 1. The maximum Gasteiger partial charge on any atom is 0.340 e. The first-order valence-corrected chi connectivity index (χ1v) is 19.0. The number of aromatic amines is 1. The molecule has 0 atom stereocenters. The van der Waals surface area contributed by atoms with Crippen LogP contribution in [0.15, 0.2) is 41.0 Å². The summed E-state index contributed by atoms with van der Waals surface area (Å²) in [5.41, 5.74) is 6.87. The van der Waals surface area contributed by atoms with Crippen LogP contribution in [0.3, 0.4) is 0 Å². The molecule has 0 bridgehead atoms. The number of aromatic carboxylic acids is 1. The number of unbranched alkanes of at least 4 members (excludes halogenated alkanes) is 13. The number of nitrogens with zero attached hydrogens (tertiary/aromatic N) is 4. The summed E-state index contributed by atoms with van der Waals surface area (Å²) in [4.78, 5) is 26.3. The van der Waals surface area contributed by atoms with Crippen molar-refractivity contribution in [2.75, 3.05) is 12.0 Å². The van der Waals surface area contributed by atoms with Gasteiger partial charge < -0.3 is 15.5 Å². The third-order valence-electron chi connectivity index (χ3n) is 7.99. The summed E-state index contributed by atoms with van der Waals surface area (Å²) in [7, 11) is 0. The minimum atomic E-state index is -2.14. The topological polar surface area (TPSA) is 109 Å². The number of hydrogen-bond donors (Lipinski definition) is 4. The molecule has 0 saturated carbocycles. The number of alkyl halides is 2. The molecule has 0 radical (unpaired) electrons. The van der Waals surface area contributed by atoms with Crippen LogP contribution in [0.25, 0.3) is 21.9 Å². The maximum atomic E-state index is 12.1. The number of carboxylic acid groups (broad SMARTS) is 1. The Bertz CT molecular complexity index is 1560. The lowest BCUT2D eigenvalue weighted by molar-refractivity contribution is 0.0695. The van der Waals surface area contributed by atoms with E-state index in [2.05, 4.69) is 69.0 Å². The van der Waals surface area contributed by atoms with Gasteiger partial charge in [-0.3, -0.25) is 9.66 Å². The Hall–Kier alpha value is -2.90. The van der Waals surface area contributed by atoms with Crippen LogP contribution < -0.4 is 5.43 Å². The first kappa shape index (κ1) is 39.5. The molecule has 4 heterocycles. The molecule has 0 spiro atoms. The van der Waals surface area contributed by atoms with Crippen LogP contribution in [0.4, 0.5) is 8.78 Å². The van der Waals surface area contributed by atoms with Crippen molar-refractivity contribution in [1.82, 2.24) is 24.6 Å². The standard InChI is InChI=1S/C27H45F2N3.C8H5N3O2S3/c1-2-3-4-5-6-10-13-16-22-30-32-23-21-25-26(32)20-19-24(31-25)17-14-11-8-7-9-12-15-18-27(28)29;12-8(13)3-1-9-5(11-6(3)15)7-10-4(14)2-16-7/h19-21,23,27,30H,2-18,22H2,1H3;1-2,14H,(H,12,13)(H,9,11,15). The van der Waals surface area contributed by atoms with E-state index in [0.29, 0.717) is 22.3 Å². The average molecular weight is 721 g/mol. The number of halogens is 2. The minimum Gasteiger partial charge on any atom is -0.478 e. The van der Waals surface area contributed by atoms with E-state index in [4.69, 9.17) is 22.3 Å². The SMILES string of the molecule is CCCCCCCCCCNn1ccc2nc(CCCCCCCCCC(F)F)ccc21.O=C(O)c1cnc(-c2nc(S)cs2)[nH]c1=S. The van der Waals surface area contributed by atoms with Crippen molar-refractivity contribution in [1.29, 1.82) is 0 Å². The highest BCUT2D eigenvalue weighted by atomic mass is 32.1. The summed E-state index contributed by atoms with van der Waals surface area (Å²) in [6, 6.07) is 6.43. The fourth-order valence-electron chi connectivity index (χ4n) is 5.32. The monoisotopic (exact) mass is 720 g/mol. The summed E-state index contributed by atoms with van der Waals surface area (Å²) >= 11 is 10.3. The fraction of sp³-hybridized carbons (Fsp3) is 0.571. The zero-order valence-electron chi connectivity index (χ0n) is 27.9. The van der Waals surface area contributed by atoms with Gasteiger partial charge in [0.2, 0.25) is 6.43 Å². The highest BCUT2D eigenvalue weighted by Gasteiger charge is 2.10. The molecule has 0 saturated heterocycles. The highest BCUT2D eigenvalue weighted by Crippen LogP contribution is 2.22. The van der Waals surface area contributed by atoms with Crippen LogP contribution >= 0.6 is 36.2 Å². The van der Waals surface area contributed by atoms with Crippen LogP contribution in [0.2, 0.25) is 0 Å². The van der Waals surface area contributed by atoms with Crippen molar-refractivity contribution in [3.8, 4) is 10.8 Å². The van der Waals surface area contributed by atoms with Gasteiger partial charge >= 0.3 is 5.97 Å². The lowest BCUT2D eigenvalue weighted by atomic mass is 10.1. The molecule has 0 unspecified atom stereocenters. The van der Waals surface area contributed by atoms with E-state index in [1.165, 1.54) is 81.7 Å². The van der Waals surface area contributed by atoms with E-state index in [-0.39, 0.29) is 16.6 Å². The molecule has 48 heavy (non-hydrogen) atoms. The van der Waals surface area contributed by atoms with Crippen molar-refractivity contribution in [2.45, 2.75) is 128 Å². The number of carboxylic acids is 1. The third kappa shape index (κ3) is 14.7. The fourth-order valence-corrected chi connectivity index (χ4v) is 6.51. The number of nitrogens with one attached hydrogen (secondary N) is 2. The Morgan fingerprint density at radius 1 is 0.979 bits per heavy atom. The number of fused-ring (bicyclic) bond motifs is 1. The molecular formula is C35H50F2N6O2S3. The van der Waals surface area contributed by atoms with E-state index < -0.39 is 12.4 Å². The Balaban J connectivity index is 0.000000324. The van der Waals surface area contributed by atoms with Gasteiger partial charge in [0.1, 0.15) is 15.2 Å². The maximum absolute atomic E-state index is 12.1. The molecular weight excluding hydrogens is 671 g/mol. The predicted molar refractivity (Wildman–Crippen MR) is 198 cm³/mol. The Labute approximate surface area is 297 Å². The number of aryl methyl sites for hydroxylation is 1. The van der Waals surface area contributed by atoms with Crippen LogP contribution in [-0.2, 0) is 6.42 Å². The van der Waals surface area contributed by atoms with E-state index in [1.807, 2.05) is 0 Å². The smallest absolute Gasteiger partial charge is 0.340 e. The number of carbonyl (C=O) groups is 1. The van der Waals surface area contributed by atoms with Gasteiger partial charge in [-0.25, -0.2) is 23.5 Å². The number of aromatic nitrogens is 5. The molecule has 0 aliphatic rings. The first-order valence-electron chi connectivity index (χ1n) is 17.2. The van der Waals surface area contributed by atoms with Gasteiger partial charge in [0.15, 0.2) is 10.8 Å². The first-order chi connectivity index (χ1) is 23.3. The van der Waals surface area contributed by atoms with Gasteiger partial charge in [0, 0.05) is 36.4 Å². The Kier molecular flexibility index (Phi) is 18.7. The van der Waals surface area contributed by atoms with E-state index in [0.717, 1.165) is 55.4 Å². The molecule has 4 rings (SSSR count). The van der Waals surface area contributed by atoms with Gasteiger partial charge in [0.25, 0.3) is 0 Å². The second-order valence-electron chi connectivity index (χ2n) is 12.0. The molecule has 3 N–H and O–H groups in total. The Morgan fingerprint density at radius 2 is 1.65 bits per heavy atom. The van der Waals surface area contributed by atoms with Crippen molar-refractivity contribution in [3.63, 3.8) is 0 Å². The number of H-pyrrole nitrogens is 1. The van der Waals surface area contributed by atoms with E-state index in [1.54, 1.807) is 5.38 Å². The van der Waals surface area contributed by atoms with E-state index in [9.17, 15) is 13.6 Å². The summed E-state index contributed by atoms with van der Waals surface area (Å²) < 4.78 is 26.4. The number of thiol groups is 1. The van der Waals surface area contributed by atoms with Gasteiger partial charge in [0.05, 0.1) is 11.0 Å². The number of rotatable bonds is 22. The lowest BCUT2D eigenvalue weighted by Gasteiger charge is -2.09. The molecule has 0 fully saturated rings. The summed E-state index contributed by atoms with van der Waals surface area (Å²) in [6.45, 7) is 3.27. The molecule has 0 amide bonds. The normalized spacial score (nSPS) is 11.2. The van der Waals surface area contributed by atoms with E-state index >= 15 is 0 Å². The van der Waals surface area contributed by atoms with Crippen molar-refractivity contribution < 1.29 is 18.7 Å². The number of thiazole rings is 1. The highest BCUT2D eigenvalue weighted by molar-refractivity contribution is 7.80. The summed E-state index contributed by atoms with van der Waals surface area (Å²) in [5, 5.41) is 11.7. The van der Waals surface area contributed by atoms with Crippen LogP contribution in [0.1, 0.15) is 126 Å². The second-order valence-corrected chi connectivity index (χ2v) is 13.7. The van der Waals surface area contributed by atoms with Crippen LogP contribution in [-0.4, -0.2) is 48.7 Å². The second kappa shape index (κ2) is 22.7. The average Bonchev–Trinajstić information content (AvgIpc) is 3.69. The minimum absolute atomic E-state index is 0.0265. The molecule has 264 valence electrons. The molecule has 0 aromatic carbocycles. The zero-order valence-corrected chi connectivity index (χ0v) is 30.5. The molecule has 4 aromatic rings. The predicted octanol–water partition coefficient (Wildman–Crippen LogP) is 10.9. The molecule has 0 aliphatic heterocycles. The molecule has 4 aromatic heterocycles. The zero-order chi connectivity index (χ0) is 34.6. The molecule has 8 nitrogen and oxygen atoms in total. The summed E-state index contributed by atoms with van der Waals surface area (Å²) in [5.74, 6) is -0.658. The van der Waals surface area contributed by atoms with Crippen LogP contribution in [0, 0.1) is 4.64 Å². The quantitative estimate of drug-likeness (QED) is 0.0363. The largest absolute Gasteiger partial charge is 0.478 e. The van der Waals surface area contributed by atoms with Crippen molar-refractivity contribution >= 4 is 53.2 Å². The van der Waals surface area contributed by atoms with Crippen molar-refractivity contribution in [3.05, 3.63) is 51.9 Å². The van der Waals surface area contributed by atoms with Crippen molar-refractivity contribution in [2.24, 2.45) is 0 Å². The number of hydrogen-bond acceptors (Lipinski definition) is 8. The lowest BCUT2D eigenvalue weighted by Crippen LogP contribution is -2.14. The van der Waals surface area contributed by atoms with Gasteiger partial charge in [-0.15, -0.1) is 24.0 Å². The van der Waals surface area contributed by atoms with Gasteiger partial charge in [-0.1, -0.05) is 96.2 Å². The van der Waals surface area contributed by atoms with Gasteiger partial charge in [-0.2, -0.15) is 0 Å². The summed E-state index contributed by atoms with van der Waals surface area (Å²) in [6.07, 6.45) is 20.3. The van der Waals surface area contributed by atoms with Gasteiger partial charge in [-0.05, 0) is 43.9 Å². The molecule has 13 heteroatoms. The molecule has 0 aliphatic carbocycles.